The van der Waals surface area contributed by atoms with Crippen LogP contribution in [0.5, 0.6) is 5.75 Å². The molecule has 0 saturated carbocycles. The zero-order chi connectivity index (χ0) is 15.1. The highest BCUT2D eigenvalue weighted by atomic mass is 16.5. The van der Waals surface area contributed by atoms with E-state index >= 15 is 0 Å². The molecule has 0 amide bonds. The molecule has 0 spiro atoms. The number of methoxy groups -OCH3 is 1. The molecule has 1 aromatic carbocycles. The van der Waals surface area contributed by atoms with Crippen LogP contribution >= 0.6 is 0 Å². The van der Waals surface area contributed by atoms with E-state index in [2.05, 4.69) is 33.9 Å². The van der Waals surface area contributed by atoms with Crippen LogP contribution in [0.15, 0.2) is 36.7 Å². The van der Waals surface area contributed by atoms with E-state index in [1.54, 1.807) is 7.11 Å². The Morgan fingerprint density at radius 2 is 2.10 bits per heavy atom. The van der Waals surface area contributed by atoms with Crippen molar-refractivity contribution in [1.29, 1.82) is 0 Å². The summed E-state index contributed by atoms with van der Waals surface area (Å²) in [4.78, 5) is 4.44. The second-order valence-electron chi connectivity index (χ2n) is 5.33. The van der Waals surface area contributed by atoms with E-state index in [0.717, 1.165) is 37.4 Å². The molecule has 1 N–H and O–H groups in total. The third-order valence-corrected chi connectivity index (χ3v) is 3.69. The van der Waals surface area contributed by atoms with Crippen LogP contribution in [0.4, 0.5) is 0 Å². The first-order valence-electron chi connectivity index (χ1n) is 7.56. The maximum Gasteiger partial charge on any atom is 0.122 e. The highest BCUT2D eigenvalue weighted by Gasteiger charge is 2.14. The van der Waals surface area contributed by atoms with Gasteiger partial charge in [0.25, 0.3) is 0 Å². The number of imidazole rings is 1. The molecule has 0 radical (unpaired) electrons. The third-order valence-electron chi connectivity index (χ3n) is 3.69. The van der Waals surface area contributed by atoms with Crippen molar-refractivity contribution in [2.24, 2.45) is 7.05 Å². The molecule has 0 saturated heterocycles. The van der Waals surface area contributed by atoms with Gasteiger partial charge in [-0.05, 0) is 31.0 Å². The molecule has 2 aromatic rings. The molecule has 21 heavy (non-hydrogen) atoms. The molecule has 1 unspecified atom stereocenters. The smallest absolute Gasteiger partial charge is 0.122 e. The maximum absolute atomic E-state index is 5.46. The van der Waals surface area contributed by atoms with Gasteiger partial charge >= 0.3 is 0 Å². The highest BCUT2D eigenvalue weighted by molar-refractivity contribution is 5.34. The Balaban J connectivity index is 2.10. The Morgan fingerprint density at radius 1 is 1.29 bits per heavy atom. The zero-order valence-electron chi connectivity index (χ0n) is 13.2. The minimum absolute atomic E-state index is 0.363. The zero-order valence-corrected chi connectivity index (χ0v) is 13.2. The lowest BCUT2D eigenvalue weighted by molar-refractivity contribution is 0.403. The molecule has 1 aromatic heterocycles. The summed E-state index contributed by atoms with van der Waals surface area (Å²) >= 11 is 0. The number of rotatable bonds is 8. The molecule has 2 rings (SSSR count). The Bertz CT molecular complexity index is 550. The minimum Gasteiger partial charge on any atom is -0.496 e. The molecule has 0 bridgehead atoms. The van der Waals surface area contributed by atoms with Crippen LogP contribution in [0.1, 0.15) is 24.7 Å². The van der Waals surface area contributed by atoms with Crippen LogP contribution in [0, 0.1) is 0 Å². The first-order valence-corrected chi connectivity index (χ1v) is 7.56. The maximum atomic E-state index is 5.46. The van der Waals surface area contributed by atoms with Crippen molar-refractivity contribution in [2.75, 3.05) is 13.7 Å². The molecule has 4 nitrogen and oxygen atoms in total. The van der Waals surface area contributed by atoms with E-state index in [1.807, 2.05) is 31.6 Å². The number of hydrogen-bond acceptors (Lipinski definition) is 3. The number of para-hydroxylation sites is 1. The summed E-state index contributed by atoms with van der Waals surface area (Å²) in [6.45, 7) is 3.21. The van der Waals surface area contributed by atoms with Crippen molar-refractivity contribution in [3.63, 3.8) is 0 Å². The second kappa shape index (κ2) is 7.84. The van der Waals surface area contributed by atoms with Crippen LogP contribution in [-0.2, 0) is 19.9 Å². The molecule has 1 atom stereocenters. The summed E-state index contributed by atoms with van der Waals surface area (Å²) in [5.74, 6) is 2.07. The topological polar surface area (TPSA) is 39.1 Å². The van der Waals surface area contributed by atoms with E-state index < -0.39 is 0 Å². The SMILES string of the molecule is CCCNC(Cc1ccccc1OC)Cc1nccn1C. The molecule has 0 fully saturated rings. The number of aryl methyl sites for hydroxylation is 1. The third kappa shape index (κ3) is 4.33. The first kappa shape index (κ1) is 15.6. The number of nitrogens with one attached hydrogen (secondary N) is 1. The number of benzene rings is 1. The summed E-state index contributed by atoms with van der Waals surface area (Å²) in [7, 11) is 3.77. The molecular weight excluding hydrogens is 262 g/mol. The number of nitrogens with zero attached hydrogens (tertiary/aromatic N) is 2. The number of ether oxygens (including phenoxy) is 1. The van der Waals surface area contributed by atoms with Gasteiger partial charge in [-0.3, -0.25) is 0 Å². The van der Waals surface area contributed by atoms with Crippen LogP contribution in [0.2, 0.25) is 0 Å². The fourth-order valence-corrected chi connectivity index (χ4v) is 2.52. The summed E-state index contributed by atoms with van der Waals surface area (Å²) in [6, 6.07) is 8.60. The lowest BCUT2D eigenvalue weighted by Gasteiger charge is -2.19. The van der Waals surface area contributed by atoms with Crippen molar-refractivity contribution < 1.29 is 4.74 Å². The Labute approximate surface area is 127 Å². The number of hydrogen-bond donors (Lipinski definition) is 1. The van der Waals surface area contributed by atoms with Gasteiger partial charge in [0.15, 0.2) is 0 Å². The van der Waals surface area contributed by atoms with Crippen molar-refractivity contribution in [1.82, 2.24) is 14.9 Å². The second-order valence-corrected chi connectivity index (χ2v) is 5.33. The Hall–Kier alpha value is -1.81. The van der Waals surface area contributed by atoms with Crippen LogP contribution in [-0.4, -0.2) is 29.2 Å². The van der Waals surface area contributed by atoms with Gasteiger partial charge < -0.3 is 14.6 Å². The van der Waals surface area contributed by atoms with Gasteiger partial charge in [0.05, 0.1) is 7.11 Å². The lowest BCUT2D eigenvalue weighted by Crippen LogP contribution is -2.34. The molecule has 0 aliphatic rings. The quantitative estimate of drug-likeness (QED) is 0.811. The molecule has 0 aliphatic heterocycles. The van der Waals surface area contributed by atoms with E-state index in [9.17, 15) is 0 Å². The van der Waals surface area contributed by atoms with E-state index in [4.69, 9.17) is 4.74 Å². The summed E-state index contributed by atoms with van der Waals surface area (Å²) in [6.07, 6.45) is 6.84. The summed E-state index contributed by atoms with van der Waals surface area (Å²) in [5.41, 5.74) is 1.24. The molecule has 1 heterocycles. The number of aromatic nitrogens is 2. The molecular formula is C17H25N3O. The van der Waals surface area contributed by atoms with Gasteiger partial charge in [-0.1, -0.05) is 25.1 Å². The molecule has 4 heteroatoms. The Kier molecular flexibility index (Phi) is 5.81. The average molecular weight is 287 g/mol. The van der Waals surface area contributed by atoms with Crippen molar-refractivity contribution in [3.05, 3.63) is 48.0 Å². The van der Waals surface area contributed by atoms with Crippen LogP contribution < -0.4 is 10.1 Å². The largest absolute Gasteiger partial charge is 0.496 e. The minimum atomic E-state index is 0.363. The molecule has 0 aliphatic carbocycles. The van der Waals surface area contributed by atoms with Gasteiger partial charge in [-0.25, -0.2) is 4.98 Å². The van der Waals surface area contributed by atoms with Crippen molar-refractivity contribution in [3.8, 4) is 5.75 Å². The first-order chi connectivity index (χ1) is 10.2. The monoisotopic (exact) mass is 287 g/mol. The van der Waals surface area contributed by atoms with Gasteiger partial charge in [0.1, 0.15) is 11.6 Å². The van der Waals surface area contributed by atoms with Crippen LogP contribution in [0.3, 0.4) is 0 Å². The van der Waals surface area contributed by atoms with Gasteiger partial charge in [0, 0.05) is 31.9 Å². The van der Waals surface area contributed by atoms with Crippen LogP contribution in [0.25, 0.3) is 0 Å². The predicted octanol–water partition coefficient (Wildman–Crippen LogP) is 2.58. The van der Waals surface area contributed by atoms with Gasteiger partial charge in [-0.2, -0.15) is 0 Å². The fraction of sp³-hybridized carbons (Fsp3) is 0.471. The Morgan fingerprint density at radius 3 is 2.76 bits per heavy atom. The standard InChI is InChI=1S/C17H25N3O/c1-4-9-18-15(13-17-19-10-11-20(17)2)12-14-7-5-6-8-16(14)21-3/h5-8,10-11,15,18H,4,9,12-13H2,1-3H3. The van der Waals surface area contributed by atoms with Gasteiger partial charge in [-0.15, -0.1) is 0 Å². The van der Waals surface area contributed by atoms with Gasteiger partial charge in [0.2, 0.25) is 0 Å². The summed E-state index contributed by atoms with van der Waals surface area (Å²) in [5, 5.41) is 3.63. The van der Waals surface area contributed by atoms with Crippen molar-refractivity contribution in [2.45, 2.75) is 32.2 Å². The van der Waals surface area contributed by atoms with E-state index in [1.165, 1.54) is 5.56 Å². The van der Waals surface area contributed by atoms with Crippen molar-refractivity contribution >= 4 is 0 Å². The average Bonchev–Trinajstić information content (AvgIpc) is 2.90. The normalized spacial score (nSPS) is 12.3. The molecule has 114 valence electrons. The fourth-order valence-electron chi connectivity index (χ4n) is 2.52. The van der Waals surface area contributed by atoms with E-state index in [-0.39, 0.29) is 0 Å². The summed E-state index contributed by atoms with van der Waals surface area (Å²) < 4.78 is 7.55. The lowest BCUT2D eigenvalue weighted by atomic mass is 10.0. The van der Waals surface area contributed by atoms with E-state index in [0.29, 0.717) is 6.04 Å². The highest BCUT2D eigenvalue weighted by Crippen LogP contribution is 2.20. The predicted molar refractivity (Wildman–Crippen MR) is 85.7 cm³/mol.